The number of imidazole rings is 1. The molecule has 0 bridgehead atoms. The van der Waals surface area contributed by atoms with Gasteiger partial charge in [0.15, 0.2) is 0 Å². The van der Waals surface area contributed by atoms with E-state index in [0.717, 1.165) is 17.4 Å². The van der Waals surface area contributed by atoms with E-state index in [9.17, 15) is 14.9 Å². The molecule has 3 aromatic rings. The van der Waals surface area contributed by atoms with Crippen LogP contribution in [0.15, 0.2) is 67.0 Å². The zero-order valence-electron chi connectivity index (χ0n) is 13.7. The molecule has 2 aromatic carbocycles. The first-order valence-electron chi connectivity index (χ1n) is 8.23. The van der Waals surface area contributed by atoms with Gasteiger partial charge in [-0.25, -0.2) is 4.98 Å². The van der Waals surface area contributed by atoms with Crippen LogP contribution in [0.5, 0.6) is 0 Å². The summed E-state index contributed by atoms with van der Waals surface area (Å²) in [6, 6.07) is 15.5. The Morgan fingerprint density at radius 1 is 1.08 bits per heavy atom. The Morgan fingerprint density at radius 3 is 2.46 bits per heavy atom. The van der Waals surface area contributed by atoms with Crippen LogP contribution < -0.4 is 5.32 Å². The summed E-state index contributed by atoms with van der Waals surface area (Å²) in [5.41, 5.74) is 1.84. The normalized spacial score (nSPS) is 21.5. The van der Waals surface area contributed by atoms with Gasteiger partial charge in [0.05, 0.1) is 22.9 Å². The van der Waals surface area contributed by atoms with Crippen molar-refractivity contribution in [1.29, 1.82) is 0 Å². The number of fused-ring (bicyclic) bond motifs is 1. The summed E-state index contributed by atoms with van der Waals surface area (Å²) in [6.07, 6.45) is 4.43. The standard InChI is InChI=1S/C19H16N4O3/c24-12-16-17(13-4-2-1-3-5-13)21-19-20-10-11-22(19)18(16)14-6-8-15(9-7-14)23(25)26/h1-12,16-18H,(H,20,21)/t16-,17-,18+/m0/s1. The topological polar surface area (TPSA) is 90.1 Å². The molecule has 7 nitrogen and oxygen atoms in total. The molecule has 0 fully saturated rings. The van der Waals surface area contributed by atoms with Crippen molar-refractivity contribution in [2.45, 2.75) is 12.1 Å². The zero-order valence-corrected chi connectivity index (χ0v) is 13.7. The van der Waals surface area contributed by atoms with Gasteiger partial charge in [-0.1, -0.05) is 42.5 Å². The molecular formula is C19H16N4O3. The van der Waals surface area contributed by atoms with Crippen LogP contribution >= 0.6 is 0 Å². The Balaban J connectivity index is 1.81. The number of anilines is 1. The van der Waals surface area contributed by atoms with Crippen LogP contribution in [0.25, 0.3) is 0 Å². The average molecular weight is 348 g/mol. The minimum Gasteiger partial charge on any atom is -0.348 e. The molecule has 0 saturated heterocycles. The van der Waals surface area contributed by atoms with Gasteiger partial charge in [-0.3, -0.25) is 10.1 Å². The van der Waals surface area contributed by atoms with E-state index < -0.39 is 4.92 Å². The molecule has 1 aliphatic heterocycles. The highest BCUT2D eigenvalue weighted by molar-refractivity contribution is 5.62. The molecule has 0 amide bonds. The van der Waals surface area contributed by atoms with E-state index in [2.05, 4.69) is 10.3 Å². The molecule has 0 radical (unpaired) electrons. The second-order valence-electron chi connectivity index (χ2n) is 6.20. The van der Waals surface area contributed by atoms with E-state index in [1.165, 1.54) is 12.1 Å². The third-order valence-electron chi connectivity index (χ3n) is 4.76. The quantitative estimate of drug-likeness (QED) is 0.443. The van der Waals surface area contributed by atoms with Crippen LogP contribution in [-0.4, -0.2) is 20.8 Å². The number of nitrogens with zero attached hydrogens (tertiary/aromatic N) is 3. The lowest BCUT2D eigenvalue weighted by atomic mass is 9.83. The van der Waals surface area contributed by atoms with E-state index in [0.29, 0.717) is 5.95 Å². The minimum atomic E-state index is -0.432. The smallest absolute Gasteiger partial charge is 0.269 e. The number of hydrogen-bond donors (Lipinski definition) is 1. The van der Waals surface area contributed by atoms with Crippen LogP contribution in [-0.2, 0) is 4.79 Å². The second kappa shape index (κ2) is 6.44. The number of aldehydes is 1. The number of rotatable bonds is 4. The molecule has 7 heteroatoms. The fourth-order valence-electron chi connectivity index (χ4n) is 3.55. The fraction of sp³-hybridized carbons (Fsp3) is 0.158. The highest BCUT2D eigenvalue weighted by atomic mass is 16.6. The van der Waals surface area contributed by atoms with Crippen molar-refractivity contribution in [3.63, 3.8) is 0 Å². The Labute approximate surface area is 149 Å². The zero-order chi connectivity index (χ0) is 18.1. The second-order valence-corrected chi connectivity index (χ2v) is 6.20. The van der Waals surface area contributed by atoms with Crippen molar-refractivity contribution < 1.29 is 9.72 Å². The summed E-state index contributed by atoms with van der Waals surface area (Å²) >= 11 is 0. The van der Waals surface area contributed by atoms with Gasteiger partial charge in [0.2, 0.25) is 5.95 Å². The Bertz CT molecular complexity index is 937. The summed E-state index contributed by atoms with van der Waals surface area (Å²) in [5, 5.41) is 14.3. The van der Waals surface area contributed by atoms with Crippen LogP contribution in [0.1, 0.15) is 23.2 Å². The van der Waals surface area contributed by atoms with E-state index in [1.54, 1.807) is 18.3 Å². The van der Waals surface area contributed by atoms with Crippen molar-refractivity contribution in [3.05, 3.63) is 88.2 Å². The van der Waals surface area contributed by atoms with E-state index in [1.807, 2.05) is 41.1 Å². The Hall–Kier alpha value is -3.48. The maximum absolute atomic E-state index is 12.1. The molecule has 4 rings (SSSR count). The number of nitro groups is 1. The average Bonchev–Trinajstić information content (AvgIpc) is 3.15. The Kier molecular flexibility index (Phi) is 3.96. The van der Waals surface area contributed by atoms with E-state index in [4.69, 9.17) is 0 Å². The van der Waals surface area contributed by atoms with Gasteiger partial charge >= 0.3 is 0 Å². The van der Waals surface area contributed by atoms with Gasteiger partial charge in [0.1, 0.15) is 6.29 Å². The number of non-ortho nitro benzene ring substituents is 1. The van der Waals surface area contributed by atoms with Gasteiger partial charge in [0, 0.05) is 24.5 Å². The van der Waals surface area contributed by atoms with E-state index in [-0.39, 0.29) is 23.7 Å². The molecule has 1 aromatic heterocycles. The monoisotopic (exact) mass is 348 g/mol. The van der Waals surface area contributed by atoms with Gasteiger partial charge in [-0.05, 0) is 11.1 Å². The fourth-order valence-corrected chi connectivity index (χ4v) is 3.55. The van der Waals surface area contributed by atoms with Gasteiger partial charge in [-0.2, -0.15) is 0 Å². The largest absolute Gasteiger partial charge is 0.348 e. The third kappa shape index (κ3) is 2.63. The molecule has 0 aliphatic carbocycles. The van der Waals surface area contributed by atoms with Crippen LogP contribution in [0, 0.1) is 16.0 Å². The van der Waals surface area contributed by atoms with Gasteiger partial charge in [0.25, 0.3) is 5.69 Å². The SMILES string of the molecule is O=C[C@@H]1[C@@H](c2ccc([N+](=O)[O-])cc2)n2ccnc2N[C@H]1c1ccccc1. The molecule has 0 unspecified atom stereocenters. The van der Waals surface area contributed by atoms with Crippen LogP contribution in [0.2, 0.25) is 0 Å². The molecule has 26 heavy (non-hydrogen) atoms. The van der Waals surface area contributed by atoms with Crippen molar-refractivity contribution in [2.75, 3.05) is 5.32 Å². The number of aromatic nitrogens is 2. The maximum atomic E-state index is 12.1. The summed E-state index contributed by atoms with van der Waals surface area (Å²) in [6.45, 7) is 0. The number of hydrogen-bond acceptors (Lipinski definition) is 5. The number of nitrogens with one attached hydrogen (secondary N) is 1. The summed E-state index contributed by atoms with van der Waals surface area (Å²) in [5.74, 6) is 0.279. The highest BCUT2D eigenvalue weighted by Gasteiger charge is 2.38. The molecular weight excluding hydrogens is 332 g/mol. The molecule has 130 valence electrons. The lowest BCUT2D eigenvalue weighted by Gasteiger charge is -2.38. The van der Waals surface area contributed by atoms with Crippen molar-refractivity contribution in [1.82, 2.24) is 9.55 Å². The predicted octanol–water partition coefficient (Wildman–Crippen LogP) is 3.36. The highest BCUT2D eigenvalue weighted by Crippen LogP contribution is 2.42. The lowest BCUT2D eigenvalue weighted by molar-refractivity contribution is -0.384. The number of carbonyl (C=O) groups is 1. The summed E-state index contributed by atoms with van der Waals surface area (Å²) < 4.78 is 1.90. The molecule has 0 saturated carbocycles. The molecule has 1 aliphatic rings. The van der Waals surface area contributed by atoms with Gasteiger partial charge in [-0.15, -0.1) is 0 Å². The Morgan fingerprint density at radius 2 is 1.81 bits per heavy atom. The first-order valence-corrected chi connectivity index (χ1v) is 8.23. The van der Waals surface area contributed by atoms with E-state index >= 15 is 0 Å². The molecule has 2 heterocycles. The first kappa shape index (κ1) is 16.0. The van der Waals surface area contributed by atoms with Crippen LogP contribution in [0.3, 0.4) is 0 Å². The van der Waals surface area contributed by atoms with Crippen molar-refractivity contribution in [3.8, 4) is 0 Å². The third-order valence-corrected chi connectivity index (χ3v) is 4.76. The first-order chi connectivity index (χ1) is 12.7. The molecule has 0 spiro atoms. The van der Waals surface area contributed by atoms with Gasteiger partial charge < -0.3 is 14.7 Å². The summed E-state index contributed by atoms with van der Waals surface area (Å²) in [4.78, 5) is 26.9. The summed E-state index contributed by atoms with van der Waals surface area (Å²) in [7, 11) is 0. The number of nitro benzene ring substituents is 1. The minimum absolute atomic E-state index is 0.0239. The van der Waals surface area contributed by atoms with Crippen molar-refractivity contribution in [2.24, 2.45) is 5.92 Å². The van der Waals surface area contributed by atoms with Crippen LogP contribution in [0.4, 0.5) is 11.6 Å². The maximum Gasteiger partial charge on any atom is 0.269 e. The van der Waals surface area contributed by atoms with Crippen molar-refractivity contribution >= 4 is 17.9 Å². The molecule has 1 N–H and O–H groups in total. The molecule has 3 atom stereocenters. The predicted molar refractivity (Wildman–Crippen MR) is 95.8 cm³/mol. The number of carbonyl (C=O) groups excluding carboxylic acids is 1. The number of benzene rings is 2. The lowest BCUT2D eigenvalue weighted by Crippen LogP contribution is -2.37.